The molecule has 8 heteroatoms. The van der Waals surface area contributed by atoms with Gasteiger partial charge in [-0.25, -0.2) is 0 Å². The number of unbranched alkanes of at least 4 members (excludes halogenated alkanes) is 15. The Balaban J connectivity index is 4.47. The fourth-order valence-corrected chi connectivity index (χ4v) is 5.28. The minimum atomic E-state index is -1.13. The number of hydrogen-bond acceptors (Lipinski definition) is 7. The molecule has 0 aliphatic rings. The quantitative estimate of drug-likeness (QED) is 0.0303. The molecule has 0 aromatic rings. The number of carbonyl (C=O) groups excluding carboxylic acids is 3. The Morgan fingerprint density at radius 1 is 0.617 bits per heavy atom. The van der Waals surface area contributed by atoms with E-state index in [9.17, 15) is 19.5 Å². The molecule has 274 valence electrons. The summed E-state index contributed by atoms with van der Waals surface area (Å²) in [4.78, 5) is 36.5. The lowest BCUT2D eigenvalue weighted by atomic mass is 10.1. The van der Waals surface area contributed by atoms with Crippen molar-refractivity contribution in [2.45, 2.75) is 167 Å². The Morgan fingerprint density at radius 2 is 1.09 bits per heavy atom. The van der Waals surface area contributed by atoms with Crippen molar-refractivity contribution in [1.29, 1.82) is 0 Å². The van der Waals surface area contributed by atoms with Gasteiger partial charge in [0, 0.05) is 19.3 Å². The minimum absolute atomic E-state index is 0.0328. The smallest absolute Gasteiger partial charge is 0.306 e. The zero-order chi connectivity index (χ0) is 35.0. The predicted molar refractivity (Wildman–Crippen MR) is 190 cm³/mol. The van der Waals surface area contributed by atoms with Crippen LogP contribution in [0.15, 0.2) is 24.3 Å². The van der Waals surface area contributed by atoms with Crippen molar-refractivity contribution in [1.82, 2.24) is 0 Å². The number of aliphatic carboxylic acids is 1. The molecule has 0 aliphatic heterocycles. The normalized spacial score (nSPS) is 13.3. The van der Waals surface area contributed by atoms with E-state index in [0.29, 0.717) is 12.8 Å². The SMILES string of the molecule is CCCC/C=C/CCCCCCC(=O)OCC(COCCC(C(=O)[O-])[N+](C)(C)C)OC(=O)CCCCC/C=C/CCCCCCCC. The second kappa shape index (κ2) is 31.1. The lowest BCUT2D eigenvalue weighted by Crippen LogP contribution is -2.55. The number of allylic oxidation sites excluding steroid dienone is 4. The van der Waals surface area contributed by atoms with E-state index in [0.717, 1.165) is 70.6 Å². The van der Waals surface area contributed by atoms with Crippen molar-refractivity contribution in [3.8, 4) is 0 Å². The zero-order valence-electron chi connectivity index (χ0n) is 30.9. The van der Waals surface area contributed by atoms with Crippen LogP contribution in [0.3, 0.4) is 0 Å². The third-order valence-corrected chi connectivity index (χ3v) is 8.31. The Kier molecular flexibility index (Phi) is 29.7. The number of ether oxygens (including phenoxy) is 3. The summed E-state index contributed by atoms with van der Waals surface area (Å²) < 4.78 is 17.0. The fourth-order valence-electron chi connectivity index (χ4n) is 5.28. The molecule has 0 saturated carbocycles. The summed E-state index contributed by atoms with van der Waals surface area (Å²) >= 11 is 0. The topological polar surface area (TPSA) is 102 Å². The maximum Gasteiger partial charge on any atom is 0.306 e. The van der Waals surface area contributed by atoms with Crippen LogP contribution in [-0.4, -0.2) is 75.5 Å². The Bertz CT molecular complexity index is 834. The Labute approximate surface area is 288 Å². The van der Waals surface area contributed by atoms with E-state index in [1.165, 1.54) is 51.4 Å². The average Bonchev–Trinajstić information content (AvgIpc) is 3.01. The molecule has 0 spiro atoms. The van der Waals surface area contributed by atoms with Crippen LogP contribution < -0.4 is 5.11 Å². The molecule has 0 amide bonds. The van der Waals surface area contributed by atoms with Gasteiger partial charge in [0.1, 0.15) is 12.6 Å². The summed E-state index contributed by atoms with van der Waals surface area (Å²) in [6.45, 7) is 4.56. The highest BCUT2D eigenvalue weighted by atomic mass is 16.6. The van der Waals surface area contributed by atoms with E-state index < -0.39 is 18.1 Å². The molecular formula is C39H71NO7. The van der Waals surface area contributed by atoms with E-state index in [2.05, 4.69) is 38.2 Å². The molecule has 2 unspecified atom stereocenters. The number of hydrogen-bond donors (Lipinski definition) is 0. The molecule has 2 atom stereocenters. The van der Waals surface area contributed by atoms with Crippen molar-refractivity contribution in [2.75, 3.05) is 41.0 Å². The van der Waals surface area contributed by atoms with Gasteiger partial charge in [0.25, 0.3) is 0 Å². The maximum absolute atomic E-state index is 12.6. The molecule has 0 aliphatic carbocycles. The summed E-state index contributed by atoms with van der Waals surface area (Å²) in [5.74, 6) is -1.78. The second-order valence-corrected chi connectivity index (χ2v) is 13.8. The lowest BCUT2D eigenvalue weighted by Gasteiger charge is -2.34. The molecule has 0 aromatic heterocycles. The van der Waals surface area contributed by atoms with Gasteiger partial charge in [-0.2, -0.15) is 0 Å². The van der Waals surface area contributed by atoms with Gasteiger partial charge in [0.2, 0.25) is 0 Å². The molecule has 0 radical (unpaired) electrons. The van der Waals surface area contributed by atoms with E-state index >= 15 is 0 Å². The van der Waals surface area contributed by atoms with Crippen LogP contribution in [0.25, 0.3) is 0 Å². The van der Waals surface area contributed by atoms with Crippen LogP contribution in [0.4, 0.5) is 0 Å². The molecule has 0 bridgehead atoms. The number of rotatable bonds is 33. The molecule has 0 rings (SSSR count). The van der Waals surface area contributed by atoms with Crippen LogP contribution in [0.5, 0.6) is 0 Å². The van der Waals surface area contributed by atoms with Gasteiger partial charge in [-0.3, -0.25) is 9.59 Å². The molecule has 47 heavy (non-hydrogen) atoms. The van der Waals surface area contributed by atoms with Crippen LogP contribution in [0.2, 0.25) is 0 Å². The van der Waals surface area contributed by atoms with E-state index in [1.54, 1.807) is 21.1 Å². The van der Waals surface area contributed by atoms with Crippen LogP contribution in [0, 0.1) is 0 Å². The number of carbonyl (C=O) groups is 3. The second-order valence-electron chi connectivity index (χ2n) is 13.8. The van der Waals surface area contributed by atoms with Crippen molar-refractivity contribution < 1.29 is 38.2 Å². The van der Waals surface area contributed by atoms with Gasteiger partial charge in [-0.1, -0.05) is 102 Å². The van der Waals surface area contributed by atoms with E-state index in [1.807, 2.05) is 0 Å². The summed E-state index contributed by atoms with van der Waals surface area (Å²) in [7, 11) is 5.38. The Hall–Kier alpha value is -2.19. The van der Waals surface area contributed by atoms with E-state index in [4.69, 9.17) is 14.2 Å². The predicted octanol–water partition coefficient (Wildman–Crippen LogP) is 8.02. The standard InChI is InChI=1S/C39H71NO7/c1-6-8-10-12-14-16-18-19-20-22-24-26-28-30-38(42)47-35(33-45-32-31-36(39(43)44)40(3,4)5)34-46-37(41)29-27-25-23-21-17-15-13-11-9-7-2/h13,15,19-20,35-36H,6-12,14,16-18,21-34H2,1-5H3/b15-13+,20-19+. The van der Waals surface area contributed by atoms with Gasteiger partial charge in [0.15, 0.2) is 6.10 Å². The third-order valence-electron chi connectivity index (χ3n) is 8.31. The highest BCUT2D eigenvalue weighted by Crippen LogP contribution is 2.12. The van der Waals surface area contributed by atoms with Gasteiger partial charge in [-0.05, 0) is 57.8 Å². The van der Waals surface area contributed by atoms with Crippen molar-refractivity contribution in [3.05, 3.63) is 24.3 Å². The zero-order valence-corrected chi connectivity index (χ0v) is 30.9. The maximum atomic E-state index is 12.6. The molecule has 8 nitrogen and oxygen atoms in total. The number of esters is 2. The Morgan fingerprint density at radius 3 is 1.62 bits per heavy atom. The van der Waals surface area contributed by atoms with Crippen LogP contribution >= 0.6 is 0 Å². The molecule has 0 fully saturated rings. The first kappa shape index (κ1) is 44.8. The summed E-state index contributed by atoms with van der Waals surface area (Å²) in [5, 5.41) is 11.6. The molecule has 0 heterocycles. The van der Waals surface area contributed by atoms with Crippen molar-refractivity contribution in [3.63, 3.8) is 0 Å². The number of likely N-dealkylation sites (N-methyl/N-ethyl adjacent to an activating group) is 1. The third kappa shape index (κ3) is 29.7. The largest absolute Gasteiger partial charge is 0.544 e. The van der Waals surface area contributed by atoms with Gasteiger partial charge in [0.05, 0.1) is 40.3 Å². The molecular weight excluding hydrogens is 594 g/mol. The molecule has 0 N–H and O–H groups in total. The first-order chi connectivity index (χ1) is 22.6. The van der Waals surface area contributed by atoms with Crippen molar-refractivity contribution in [2.24, 2.45) is 0 Å². The summed E-state index contributed by atoms with van der Waals surface area (Å²) in [6.07, 6.45) is 30.6. The van der Waals surface area contributed by atoms with Crippen molar-refractivity contribution >= 4 is 17.9 Å². The monoisotopic (exact) mass is 666 g/mol. The number of quaternary nitrogens is 1. The van der Waals surface area contributed by atoms with Crippen LogP contribution in [0.1, 0.15) is 155 Å². The number of carboxylic acids is 1. The summed E-state index contributed by atoms with van der Waals surface area (Å²) in [6, 6.07) is -0.726. The van der Waals surface area contributed by atoms with Crippen LogP contribution in [-0.2, 0) is 28.6 Å². The highest BCUT2D eigenvalue weighted by molar-refractivity contribution is 5.70. The van der Waals surface area contributed by atoms with Gasteiger partial charge >= 0.3 is 11.9 Å². The minimum Gasteiger partial charge on any atom is -0.544 e. The lowest BCUT2D eigenvalue weighted by molar-refractivity contribution is -0.889. The first-order valence-electron chi connectivity index (χ1n) is 18.9. The van der Waals surface area contributed by atoms with Gasteiger partial charge in [-0.15, -0.1) is 0 Å². The van der Waals surface area contributed by atoms with E-state index in [-0.39, 0.29) is 42.7 Å². The molecule has 0 aromatic carbocycles. The number of carboxylic acid groups (broad SMARTS) is 1. The summed E-state index contributed by atoms with van der Waals surface area (Å²) in [5.41, 5.74) is 0. The highest BCUT2D eigenvalue weighted by Gasteiger charge is 2.25. The fraction of sp³-hybridized carbons (Fsp3) is 0.821. The number of nitrogens with zero attached hydrogens (tertiary/aromatic N) is 1. The van der Waals surface area contributed by atoms with Gasteiger partial charge < -0.3 is 28.6 Å². The molecule has 0 saturated heterocycles. The first-order valence-corrected chi connectivity index (χ1v) is 18.9. The average molecular weight is 666 g/mol.